The first-order valence-electron chi connectivity index (χ1n) is 12.9. The van der Waals surface area contributed by atoms with Gasteiger partial charge in [0.2, 0.25) is 0 Å². The van der Waals surface area contributed by atoms with Gasteiger partial charge < -0.3 is 9.09 Å². The fourth-order valence-electron chi connectivity index (χ4n) is 5.02. The molecule has 0 N–H and O–H groups in total. The standard InChI is InChI=1S/C31H31BrN3O3P/c1-6-34-29-13-8-7-12-26(29)27-20-25(16-17-30(27)34)39(31(3,4)5,38-24-11-9-10-22(32)18-24)33-28-19-23(35(36)37)15-14-21(28)2/h7-20H,6H2,1-5H3/t39-/m1/s1. The first-order chi connectivity index (χ1) is 18.5. The van der Waals surface area contributed by atoms with Gasteiger partial charge in [-0.15, -0.1) is 0 Å². The van der Waals surface area contributed by atoms with E-state index in [0.29, 0.717) is 11.4 Å². The molecule has 0 aliphatic carbocycles. The highest BCUT2D eigenvalue weighted by Crippen LogP contribution is 2.62. The lowest BCUT2D eigenvalue weighted by molar-refractivity contribution is -0.384. The van der Waals surface area contributed by atoms with Crippen molar-refractivity contribution >= 4 is 61.7 Å². The summed E-state index contributed by atoms with van der Waals surface area (Å²) in [5.41, 5.74) is 3.78. The minimum absolute atomic E-state index is 0.00952. The number of non-ortho nitro benzene ring substituents is 1. The van der Waals surface area contributed by atoms with Gasteiger partial charge in [-0.25, -0.2) is 4.74 Å². The highest BCUT2D eigenvalue weighted by molar-refractivity contribution is 9.10. The second-order valence-electron chi connectivity index (χ2n) is 10.6. The number of hydrogen-bond donors (Lipinski definition) is 0. The molecule has 4 aromatic carbocycles. The van der Waals surface area contributed by atoms with Crippen molar-refractivity contribution in [2.45, 2.75) is 46.3 Å². The molecule has 5 aromatic rings. The lowest BCUT2D eigenvalue weighted by Gasteiger charge is -2.37. The Balaban J connectivity index is 1.88. The number of nitro groups is 1. The van der Waals surface area contributed by atoms with Crippen molar-refractivity contribution in [2.24, 2.45) is 4.74 Å². The van der Waals surface area contributed by atoms with Gasteiger partial charge in [0.1, 0.15) is 5.75 Å². The van der Waals surface area contributed by atoms with Crippen LogP contribution in [0.3, 0.4) is 0 Å². The second kappa shape index (κ2) is 10.3. The molecule has 0 amide bonds. The van der Waals surface area contributed by atoms with Gasteiger partial charge in [-0.1, -0.05) is 67.0 Å². The van der Waals surface area contributed by atoms with Crippen molar-refractivity contribution < 1.29 is 9.45 Å². The first kappa shape index (κ1) is 27.2. The van der Waals surface area contributed by atoms with E-state index in [4.69, 9.17) is 9.27 Å². The van der Waals surface area contributed by atoms with Crippen molar-refractivity contribution in [1.82, 2.24) is 4.57 Å². The van der Waals surface area contributed by atoms with E-state index in [-0.39, 0.29) is 10.6 Å². The smallest absolute Gasteiger partial charge is 0.271 e. The zero-order chi connectivity index (χ0) is 27.9. The Morgan fingerprint density at radius 1 is 0.949 bits per heavy atom. The maximum absolute atomic E-state index is 11.7. The third-order valence-electron chi connectivity index (χ3n) is 7.02. The Kier molecular flexibility index (Phi) is 7.17. The van der Waals surface area contributed by atoms with Crippen LogP contribution in [-0.2, 0) is 6.54 Å². The molecule has 0 saturated carbocycles. The van der Waals surface area contributed by atoms with Crippen LogP contribution in [0.5, 0.6) is 5.75 Å². The fourth-order valence-corrected chi connectivity index (χ4v) is 8.53. The predicted octanol–water partition coefficient (Wildman–Crippen LogP) is 9.74. The number of para-hydroxylation sites is 1. The Bertz CT molecular complexity index is 1790. The molecule has 1 atom stereocenters. The lowest BCUT2D eigenvalue weighted by Crippen LogP contribution is -2.27. The molecule has 0 aliphatic rings. The highest BCUT2D eigenvalue weighted by atomic mass is 79.9. The van der Waals surface area contributed by atoms with E-state index in [1.165, 1.54) is 17.0 Å². The number of nitro benzene ring substituents is 1. The number of halogens is 1. The molecule has 0 saturated heterocycles. The molecule has 8 heteroatoms. The number of nitrogens with zero attached hydrogens (tertiary/aromatic N) is 3. The molecule has 0 bridgehead atoms. The van der Waals surface area contributed by atoms with E-state index in [0.717, 1.165) is 32.8 Å². The summed E-state index contributed by atoms with van der Waals surface area (Å²) < 4.78 is 15.6. The summed E-state index contributed by atoms with van der Waals surface area (Å²) in [4.78, 5) is 11.3. The SMILES string of the molecule is CCn1c2ccccc2c2cc([P@@](=Nc3cc([N+](=O)[O-])ccc3C)(Oc3cccc(Br)c3)C(C)(C)C)ccc21. The molecule has 0 fully saturated rings. The molecule has 39 heavy (non-hydrogen) atoms. The average molecular weight is 604 g/mol. The van der Waals surface area contributed by atoms with Gasteiger partial charge in [-0.05, 0) is 61.9 Å². The number of hydrogen-bond acceptors (Lipinski definition) is 4. The summed E-state index contributed by atoms with van der Waals surface area (Å²) in [6.07, 6.45) is 0. The van der Waals surface area contributed by atoms with E-state index in [2.05, 4.69) is 90.7 Å². The fraction of sp³-hybridized carbons (Fsp3) is 0.226. The van der Waals surface area contributed by atoms with Crippen LogP contribution in [0.2, 0.25) is 0 Å². The normalized spacial score (nSPS) is 13.4. The van der Waals surface area contributed by atoms with Crippen LogP contribution in [0.4, 0.5) is 11.4 Å². The van der Waals surface area contributed by atoms with E-state index >= 15 is 0 Å². The Morgan fingerprint density at radius 3 is 2.38 bits per heavy atom. The third-order valence-corrected chi connectivity index (χ3v) is 11.3. The maximum Gasteiger partial charge on any atom is 0.271 e. The van der Waals surface area contributed by atoms with Crippen molar-refractivity contribution in [2.75, 3.05) is 0 Å². The molecule has 1 heterocycles. The van der Waals surface area contributed by atoms with Crippen molar-refractivity contribution in [3.63, 3.8) is 0 Å². The number of fused-ring (bicyclic) bond motifs is 3. The number of aryl methyl sites for hydroxylation is 2. The Hall–Kier alpha value is -3.41. The van der Waals surface area contributed by atoms with Gasteiger partial charge >= 0.3 is 0 Å². The quantitative estimate of drug-likeness (QED) is 0.110. The first-order valence-corrected chi connectivity index (χ1v) is 15.3. The highest BCUT2D eigenvalue weighted by Gasteiger charge is 2.39. The molecule has 0 spiro atoms. The predicted molar refractivity (Wildman–Crippen MR) is 166 cm³/mol. The second-order valence-corrected chi connectivity index (χ2v) is 14.9. The van der Waals surface area contributed by atoms with Crippen LogP contribution < -0.4 is 9.83 Å². The zero-order valence-corrected chi connectivity index (χ0v) is 25.2. The average Bonchev–Trinajstić information content (AvgIpc) is 3.21. The third kappa shape index (κ3) is 4.90. The maximum atomic E-state index is 11.7. The Labute approximate surface area is 237 Å². The van der Waals surface area contributed by atoms with Gasteiger partial charge in [-0.2, -0.15) is 0 Å². The van der Waals surface area contributed by atoms with E-state index in [9.17, 15) is 10.1 Å². The van der Waals surface area contributed by atoms with Gasteiger partial charge in [0.25, 0.3) is 5.69 Å². The molecule has 1 aromatic heterocycles. The van der Waals surface area contributed by atoms with Crippen molar-refractivity contribution in [3.05, 3.63) is 105 Å². The van der Waals surface area contributed by atoms with Crippen LogP contribution in [0.25, 0.3) is 21.8 Å². The summed E-state index contributed by atoms with van der Waals surface area (Å²) in [7, 11) is -2.88. The molecular weight excluding hydrogens is 573 g/mol. The van der Waals surface area contributed by atoms with E-state index < -0.39 is 12.4 Å². The topological polar surface area (TPSA) is 69.7 Å². The summed E-state index contributed by atoms with van der Waals surface area (Å²) in [6.45, 7) is 11.3. The van der Waals surface area contributed by atoms with Crippen LogP contribution in [0.15, 0.2) is 94.1 Å². The Morgan fingerprint density at radius 2 is 1.69 bits per heavy atom. The van der Waals surface area contributed by atoms with Crippen LogP contribution in [-0.4, -0.2) is 14.6 Å². The summed E-state index contributed by atoms with van der Waals surface area (Å²) >= 11 is 3.57. The number of benzene rings is 4. The summed E-state index contributed by atoms with van der Waals surface area (Å²) in [5, 5.41) is 14.5. The monoisotopic (exact) mass is 603 g/mol. The number of aromatic nitrogens is 1. The van der Waals surface area contributed by atoms with Gasteiger partial charge in [-0.3, -0.25) is 10.1 Å². The molecule has 0 radical (unpaired) electrons. The van der Waals surface area contributed by atoms with Crippen molar-refractivity contribution in [3.8, 4) is 5.75 Å². The zero-order valence-electron chi connectivity index (χ0n) is 22.7. The molecule has 5 rings (SSSR count). The summed E-state index contributed by atoms with van der Waals surface area (Å²) in [5.74, 6) is 0.690. The van der Waals surface area contributed by atoms with Crippen LogP contribution >= 0.6 is 23.2 Å². The van der Waals surface area contributed by atoms with E-state index in [1.807, 2.05) is 31.2 Å². The van der Waals surface area contributed by atoms with Gasteiger partial charge in [0.05, 0.1) is 10.6 Å². The van der Waals surface area contributed by atoms with Crippen LogP contribution in [0, 0.1) is 17.0 Å². The van der Waals surface area contributed by atoms with E-state index in [1.54, 1.807) is 12.1 Å². The molecular formula is C31H31BrN3O3P. The lowest BCUT2D eigenvalue weighted by atomic mass is 10.1. The van der Waals surface area contributed by atoms with Gasteiger partial charge in [0, 0.05) is 55.4 Å². The van der Waals surface area contributed by atoms with Crippen molar-refractivity contribution in [1.29, 1.82) is 0 Å². The number of rotatable bonds is 6. The van der Waals surface area contributed by atoms with Crippen LogP contribution in [0.1, 0.15) is 33.3 Å². The molecule has 0 unspecified atom stereocenters. The molecule has 200 valence electrons. The molecule has 0 aliphatic heterocycles. The molecule has 6 nitrogen and oxygen atoms in total. The minimum Gasteiger partial charge on any atom is -0.455 e. The van der Waals surface area contributed by atoms with Gasteiger partial charge in [0.15, 0.2) is 7.28 Å². The summed E-state index contributed by atoms with van der Waals surface area (Å²) in [6, 6.07) is 27.5. The largest absolute Gasteiger partial charge is 0.455 e. The minimum atomic E-state index is -2.88.